The van der Waals surface area contributed by atoms with Gasteiger partial charge in [-0.1, -0.05) is 47.5 Å². The molecule has 9 heteroatoms. The number of piperidine rings is 1. The van der Waals surface area contributed by atoms with Crippen LogP contribution >= 0.6 is 23.2 Å². The van der Waals surface area contributed by atoms with Gasteiger partial charge in [0.05, 0.1) is 10.6 Å². The molecule has 0 atom stereocenters. The summed E-state index contributed by atoms with van der Waals surface area (Å²) in [5.74, 6) is -0.140. The highest BCUT2D eigenvalue weighted by Gasteiger charge is 2.25. The molecule has 0 aliphatic carbocycles. The van der Waals surface area contributed by atoms with Crippen LogP contribution in [-0.2, 0) is 21.4 Å². The Labute approximate surface area is 216 Å². The Morgan fingerprint density at radius 1 is 0.943 bits per heavy atom. The minimum absolute atomic E-state index is 0.0503. The lowest BCUT2D eigenvalue weighted by Crippen LogP contribution is -2.37. The smallest absolute Gasteiger partial charge is 0.261 e. The van der Waals surface area contributed by atoms with Gasteiger partial charge in [0.1, 0.15) is 0 Å². The monoisotopic (exact) mass is 531 g/mol. The van der Waals surface area contributed by atoms with Gasteiger partial charge in [0.25, 0.3) is 10.0 Å². The third-order valence-electron chi connectivity index (χ3n) is 6.25. The Morgan fingerprint density at radius 2 is 1.60 bits per heavy atom. The van der Waals surface area contributed by atoms with Gasteiger partial charge in [0, 0.05) is 28.2 Å². The standard InChI is InChI=1S/C26H27Cl2N3O3S/c1-18-23(27)7-4-8-25(18)30-35(33,34)22-11-9-21(10-12-22)29-26(32)19-13-15-31(16-14-19)17-20-5-2-3-6-24(20)28/h2-12,19,30H,13-17H2,1H3,(H,29,32). The zero-order valence-corrected chi connectivity index (χ0v) is 21.6. The lowest BCUT2D eigenvalue weighted by molar-refractivity contribution is -0.121. The minimum atomic E-state index is -3.79. The SMILES string of the molecule is Cc1c(Cl)cccc1NS(=O)(=O)c1ccc(NC(=O)C2CCN(Cc3ccccc3Cl)CC2)cc1. The van der Waals surface area contributed by atoms with Crippen LogP contribution < -0.4 is 10.0 Å². The number of carbonyl (C=O) groups excluding carboxylic acids is 1. The Balaban J connectivity index is 1.32. The molecule has 4 rings (SSSR count). The molecule has 1 aliphatic rings. The number of nitrogens with one attached hydrogen (secondary N) is 2. The number of carbonyl (C=O) groups is 1. The number of halogens is 2. The Hall–Kier alpha value is -2.58. The first-order valence-corrected chi connectivity index (χ1v) is 13.6. The molecule has 35 heavy (non-hydrogen) atoms. The summed E-state index contributed by atoms with van der Waals surface area (Å²) in [4.78, 5) is 15.2. The van der Waals surface area contributed by atoms with Crippen molar-refractivity contribution in [3.8, 4) is 0 Å². The van der Waals surface area contributed by atoms with E-state index in [4.69, 9.17) is 23.2 Å². The zero-order chi connectivity index (χ0) is 25.0. The zero-order valence-electron chi connectivity index (χ0n) is 19.3. The summed E-state index contributed by atoms with van der Waals surface area (Å²) in [5.41, 5.74) is 2.73. The van der Waals surface area contributed by atoms with Gasteiger partial charge in [-0.05, 0) is 86.4 Å². The summed E-state index contributed by atoms with van der Waals surface area (Å²) in [6, 6.07) is 19.0. The molecule has 1 fully saturated rings. The molecule has 0 spiro atoms. The van der Waals surface area contributed by atoms with Gasteiger partial charge in [-0.2, -0.15) is 0 Å². The fourth-order valence-electron chi connectivity index (χ4n) is 4.10. The van der Waals surface area contributed by atoms with Crippen molar-refractivity contribution >= 4 is 50.5 Å². The van der Waals surface area contributed by atoms with E-state index in [1.165, 1.54) is 12.1 Å². The van der Waals surface area contributed by atoms with E-state index in [0.29, 0.717) is 22.0 Å². The number of sulfonamides is 1. The summed E-state index contributed by atoms with van der Waals surface area (Å²) >= 11 is 12.4. The van der Waals surface area contributed by atoms with E-state index in [2.05, 4.69) is 14.9 Å². The number of benzene rings is 3. The molecule has 1 aliphatic heterocycles. The highest BCUT2D eigenvalue weighted by Crippen LogP contribution is 2.27. The van der Waals surface area contributed by atoms with Crippen molar-refractivity contribution in [3.05, 3.63) is 87.9 Å². The number of nitrogens with zero attached hydrogens (tertiary/aromatic N) is 1. The van der Waals surface area contributed by atoms with Gasteiger partial charge in [-0.25, -0.2) is 8.42 Å². The summed E-state index contributed by atoms with van der Waals surface area (Å²) in [5, 5.41) is 4.16. The van der Waals surface area contributed by atoms with Crippen LogP contribution in [0.5, 0.6) is 0 Å². The maximum Gasteiger partial charge on any atom is 0.261 e. The molecule has 3 aromatic rings. The number of likely N-dealkylation sites (tertiary alicyclic amines) is 1. The molecule has 1 heterocycles. The number of hydrogen-bond donors (Lipinski definition) is 2. The van der Waals surface area contributed by atoms with Crippen LogP contribution in [0.4, 0.5) is 11.4 Å². The first kappa shape index (κ1) is 25.5. The van der Waals surface area contributed by atoms with E-state index < -0.39 is 10.0 Å². The normalized spacial score (nSPS) is 15.1. The molecule has 0 unspecified atom stereocenters. The van der Waals surface area contributed by atoms with Crippen LogP contribution in [0.15, 0.2) is 71.6 Å². The van der Waals surface area contributed by atoms with Crippen LogP contribution in [-0.4, -0.2) is 32.3 Å². The first-order chi connectivity index (χ1) is 16.7. The third-order valence-corrected chi connectivity index (χ3v) is 8.41. The predicted octanol–water partition coefficient (Wildman–Crippen LogP) is 5.95. The van der Waals surface area contributed by atoms with Gasteiger partial charge >= 0.3 is 0 Å². The van der Waals surface area contributed by atoms with Crippen molar-refractivity contribution in [2.75, 3.05) is 23.1 Å². The highest BCUT2D eigenvalue weighted by atomic mass is 35.5. The van der Waals surface area contributed by atoms with E-state index in [1.54, 1.807) is 37.3 Å². The van der Waals surface area contributed by atoms with Crippen molar-refractivity contribution in [1.82, 2.24) is 4.90 Å². The average Bonchev–Trinajstić information content (AvgIpc) is 2.84. The van der Waals surface area contributed by atoms with Crippen LogP contribution in [0.2, 0.25) is 10.0 Å². The molecular formula is C26H27Cl2N3O3S. The van der Waals surface area contributed by atoms with Crippen LogP contribution in [0.25, 0.3) is 0 Å². The van der Waals surface area contributed by atoms with Crippen LogP contribution in [0, 0.1) is 12.8 Å². The Bertz CT molecular complexity index is 1310. The second-order valence-electron chi connectivity index (χ2n) is 8.67. The predicted molar refractivity (Wildman–Crippen MR) is 142 cm³/mol. The summed E-state index contributed by atoms with van der Waals surface area (Å²) < 4.78 is 28.1. The van der Waals surface area contributed by atoms with Gasteiger partial charge in [-0.15, -0.1) is 0 Å². The second-order valence-corrected chi connectivity index (χ2v) is 11.2. The van der Waals surface area contributed by atoms with Crippen molar-refractivity contribution in [1.29, 1.82) is 0 Å². The topological polar surface area (TPSA) is 78.5 Å². The molecule has 0 bridgehead atoms. The van der Waals surface area contributed by atoms with E-state index in [-0.39, 0.29) is 16.7 Å². The van der Waals surface area contributed by atoms with Crippen molar-refractivity contribution < 1.29 is 13.2 Å². The molecule has 0 radical (unpaired) electrons. The lowest BCUT2D eigenvalue weighted by Gasteiger charge is -2.31. The highest BCUT2D eigenvalue weighted by molar-refractivity contribution is 7.92. The number of anilines is 2. The van der Waals surface area contributed by atoms with E-state index in [9.17, 15) is 13.2 Å². The number of rotatable bonds is 7. The average molecular weight is 532 g/mol. The molecule has 3 aromatic carbocycles. The van der Waals surface area contributed by atoms with E-state index >= 15 is 0 Å². The lowest BCUT2D eigenvalue weighted by atomic mass is 9.95. The van der Waals surface area contributed by atoms with E-state index in [0.717, 1.165) is 43.1 Å². The van der Waals surface area contributed by atoms with Gasteiger partial charge < -0.3 is 5.32 Å². The molecule has 184 valence electrons. The van der Waals surface area contributed by atoms with Crippen LogP contribution in [0.1, 0.15) is 24.0 Å². The third kappa shape index (κ3) is 6.35. The van der Waals surface area contributed by atoms with Gasteiger partial charge in [0.2, 0.25) is 5.91 Å². The molecule has 6 nitrogen and oxygen atoms in total. The minimum Gasteiger partial charge on any atom is -0.326 e. The quantitative estimate of drug-likeness (QED) is 0.394. The summed E-state index contributed by atoms with van der Waals surface area (Å²) in [7, 11) is -3.79. The first-order valence-electron chi connectivity index (χ1n) is 11.4. The van der Waals surface area contributed by atoms with Gasteiger partial charge in [-0.3, -0.25) is 14.4 Å². The molecule has 1 saturated heterocycles. The fraction of sp³-hybridized carbons (Fsp3) is 0.269. The maximum absolute atomic E-state index is 12.8. The van der Waals surface area contributed by atoms with Crippen LogP contribution in [0.3, 0.4) is 0 Å². The molecular weight excluding hydrogens is 505 g/mol. The van der Waals surface area contributed by atoms with Crippen molar-refractivity contribution in [2.24, 2.45) is 5.92 Å². The second kappa shape index (κ2) is 11.0. The molecule has 1 amide bonds. The fourth-order valence-corrected chi connectivity index (χ4v) is 5.60. The largest absolute Gasteiger partial charge is 0.326 e. The molecule has 0 saturated carbocycles. The summed E-state index contributed by atoms with van der Waals surface area (Å²) in [6.07, 6.45) is 1.51. The maximum atomic E-state index is 12.8. The Kier molecular flexibility index (Phi) is 8.02. The summed E-state index contributed by atoms with van der Waals surface area (Å²) in [6.45, 7) is 4.15. The van der Waals surface area contributed by atoms with Gasteiger partial charge in [0.15, 0.2) is 0 Å². The molecule has 0 aromatic heterocycles. The van der Waals surface area contributed by atoms with Crippen molar-refractivity contribution in [3.63, 3.8) is 0 Å². The van der Waals surface area contributed by atoms with Crippen molar-refractivity contribution in [2.45, 2.75) is 31.2 Å². The molecule has 2 N–H and O–H groups in total. The number of hydrogen-bond acceptors (Lipinski definition) is 4. The van der Waals surface area contributed by atoms with E-state index in [1.807, 2.05) is 24.3 Å². The Morgan fingerprint density at radius 3 is 2.29 bits per heavy atom. The number of amides is 1.